The van der Waals surface area contributed by atoms with E-state index in [1.165, 1.54) is 14.2 Å². The number of aliphatic hydroxyl groups is 1. The predicted molar refractivity (Wildman–Crippen MR) is 72.0 cm³/mol. The van der Waals surface area contributed by atoms with Gasteiger partial charge in [0.05, 0.1) is 20.8 Å². The van der Waals surface area contributed by atoms with Crippen LogP contribution >= 0.6 is 0 Å². The van der Waals surface area contributed by atoms with E-state index < -0.39 is 17.9 Å². The fourth-order valence-electron chi connectivity index (χ4n) is 2.10. The zero-order valence-electron chi connectivity index (χ0n) is 11.9. The van der Waals surface area contributed by atoms with Gasteiger partial charge in [-0.25, -0.2) is 0 Å². The van der Waals surface area contributed by atoms with Crippen molar-refractivity contribution in [3.63, 3.8) is 0 Å². The van der Waals surface area contributed by atoms with Crippen LogP contribution < -0.4 is 9.47 Å². The number of rotatable bonds is 5. The number of carbonyl (C=O) groups excluding carboxylic acids is 2. The van der Waals surface area contributed by atoms with Gasteiger partial charge in [0.1, 0.15) is 30.8 Å². The van der Waals surface area contributed by atoms with Crippen molar-refractivity contribution in [3.8, 4) is 11.5 Å². The second-order valence-electron chi connectivity index (χ2n) is 4.51. The van der Waals surface area contributed by atoms with Crippen molar-refractivity contribution in [2.24, 2.45) is 0 Å². The molecular formula is C14H17NO6. The Morgan fingerprint density at radius 2 is 1.90 bits per heavy atom. The summed E-state index contributed by atoms with van der Waals surface area (Å²) in [6, 6.07) is 4.96. The molecule has 1 fully saturated rings. The first-order valence-electron chi connectivity index (χ1n) is 6.37. The lowest BCUT2D eigenvalue weighted by molar-refractivity contribution is -0.160. The maximum absolute atomic E-state index is 11.7. The largest absolute Gasteiger partial charge is 0.497 e. The molecule has 7 nitrogen and oxygen atoms in total. The number of benzene rings is 1. The van der Waals surface area contributed by atoms with Crippen LogP contribution in [0.4, 0.5) is 0 Å². The SMILES string of the molecule is COc1ccc(OC)c(C(O)CN2C(=O)COCC2=O)c1. The number of hydrogen-bond acceptors (Lipinski definition) is 6. The maximum Gasteiger partial charge on any atom is 0.255 e. The number of hydrogen-bond donors (Lipinski definition) is 1. The Morgan fingerprint density at radius 1 is 1.24 bits per heavy atom. The number of aliphatic hydroxyl groups excluding tert-OH is 1. The van der Waals surface area contributed by atoms with Gasteiger partial charge in [0.15, 0.2) is 0 Å². The van der Waals surface area contributed by atoms with E-state index in [-0.39, 0.29) is 19.8 Å². The highest BCUT2D eigenvalue weighted by Gasteiger charge is 2.29. The Labute approximate surface area is 122 Å². The lowest BCUT2D eigenvalue weighted by Crippen LogP contribution is -2.47. The monoisotopic (exact) mass is 295 g/mol. The second kappa shape index (κ2) is 6.55. The molecule has 0 aromatic heterocycles. The Hall–Kier alpha value is -2.12. The minimum Gasteiger partial charge on any atom is -0.497 e. The molecule has 1 unspecified atom stereocenters. The number of ether oxygens (including phenoxy) is 3. The topological polar surface area (TPSA) is 85.3 Å². The molecule has 1 aromatic rings. The third-order valence-electron chi connectivity index (χ3n) is 3.20. The summed E-state index contributed by atoms with van der Waals surface area (Å²) in [7, 11) is 2.98. The summed E-state index contributed by atoms with van der Waals surface area (Å²) in [5.74, 6) is 0.0697. The molecule has 21 heavy (non-hydrogen) atoms. The van der Waals surface area contributed by atoms with Crippen LogP contribution in [0.3, 0.4) is 0 Å². The average molecular weight is 295 g/mol. The van der Waals surface area contributed by atoms with Crippen LogP contribution in [0.15, 0.2) is 18.2 Å². The molecule has 1 N–H and O–H groups in total. The van der Waals surface area contributed by atoms with E-state index in [1.807, 2.05) is 0 Å². The van der Waals surface area contributed by atoms with E-state index in [0.717, 1.165) is 4.90 Å². The van der Waals surface area contributed by atoms with Gasteiger partial charge in [-0.15, -0.1) is 0 Å². The molecule has 114 valence electrons. The molecule has 2 amide bonds. The second-order valence-corrected chi connectivity index (χ2v) is 4.51. The van der Waals surface area contributed by atoms with Crippen LogP contribution in [-0.2, 0) is 14.3 Å². The molecule has 1 atom stereocenters. The van der Waals surface area contributed by atoms with Crippen molar-refractivity contribution in [3.05, 3.63) is 23.8 Å². The molecule has 0 bridgehead atoms. The Balaban J connectivity index is 2.20. The number of β-amino-alcohol motifs (C(OH)–C–C–N with tert-alkyl or cyclic N) is 1. The molecule has 1 saturated heterocycles. The number of imide groups is 1. The molecule has 0 saturated carbocycles. The molecule has 0 spiro atoms. The molecule has 7 heteroatoms. The fraction of sp³-hybridized carbons (Fsp3) is 0.429. The molecular weight excluding hydrogens is 278 g/mol. The molecule has 2 rings (SSSR count). The standard InChI is InChI=1S/C14H17NO6/c1-19-9-3-4-12(20-2)10(5-9)11(16)6-15-13(17)7-21-8-14(15)18/h3-5,11,16H,6-8H2,1-2H3. The van der Waals surface area contributed by atoms with E-state index in [0.29, 0.717) is 17.1 Å². The van der Waals surface area contributed by atoms with Crippen molar-refractivity contribution >= 4 is 11.8 Å². The highest BCUT2D eigenvalue weighted by Crippen LogP contribution is 2.30. The first kappa shape index (κ1) is 15.3. The Bertz CT molecular complexity index is 528. The van der Waals surface area contributed by atoms with E-state index >= 15 is 0 Å². The van der Waals surface area contributed by atoms with Gasteiger partial charge in [0, 0.05) is 5.56 Å². The van der Waals surface area contributed by atoms with Crippen molar-refractivity contribution in [1.82, 2.24) is 4.90 Å². The summed E-state index contributed by atoms with van der Waals surface area (Å²) in [6.07, 6.45) is -1.07. The van der Waals surface area contributed by atoms with Crippen LogP contribution in [-0.4, -0.2) is 55.8 Å². The van der Waals surface area contributed by atoms with E-state index in [9.17, 15) is 14.7 Å². The normalized spacial score (nSPS) is 16.8. The summed E-state index contributed by atoms with van der Waals surface area (Å²) in [5, 5.41) is 10.3. The third kappa shape index (κ3) is 3.32. The molecule has 0 aliphatic carbocycles. The van der Waals surface area contributed by atoms with Crippen LogP contribution in [0.25, 0.3) is 0 Å². The zero-order chi connectivity index (χ0) is 15.4. The maximum atomic E-state index is 11.7. The summed E-state index contributed by atoms with van der Waals surface area (Å²) in [6.45, 7) is -0.466. The third-order valence-corrected chi connectivity index (χ3v) is 3.20. The van der Waals surface area contributed by atoms with Crippen LogP contribution in [0.5, 0.6) is 11.5 Å². The minimum absolute atomic E-state index is 0.148. The lowest BCUT2D eigenvalue weighted by atomic mass is 10.1. The van der Waals surface area contributed by atoms with E-state index in [1.54, 1.807) is 18.2 Å². The van der Waals surface area contributed by atoms with Gasteiger partial charge >= 0.3 is 0 Å². The van der Waals surface area contributed by atoms with Gasteiger partial charge in [-0.2, -0.15) is 0 Å². The zero-order valence-corrected chi connectivity index (χ0v) is 11.9. The number of methoxy groups -OCH3 is 2. The number of carbonyl (C=O) groups is 2. The van der Waals surface area contributed by atoms with Gasteiger partial charge in [0.25, 0.3) is 11.8 Å². The average Bonchev–Trinajstić information content (AvgIpc) is 2.50. The molecule has 1 aliphatic rings. The predicted octanol–water partition coefficient (Wildman–Crippen LogP) is 0.123. The molecule has 1 aromatic carbocycles. The Morgan fingerprint density at radius 3 is 2.48 bits per heavy atom. The highest BCUT2D eigenvalue weighted by atomic mass is 16.5. The quantitative estimate of drug-likeness (QED) is 0.777. The van der Waals surface area contributed by atoms with Crippen LogP contribution in [0.2, 0.25) is 0 Å². The smallest absolute Gasteiger partial charge is 0.255 e. The van der Waals surface area contributed by atoms with Crippen LogP contribution in [0.1, 0.15) is 11.7 Å². The molecule has 1 aliphatic heterocycles. The summed E-state index contributed by atoms with van der Waals surface area (Å²) >= 11 is 0. The van der Waals surface area contributed by atoms with Crippen LogP contribution in [0, 0.1) is 0 Å². The van der Waals surface area contributed by atoms with Gasteiger partial charge in [-0.1, -0.05) is 0 Å². The fourth-order valence-corrected chi connectivity index (χ4v) is 2.10. The van der Waals surface area contributed by atoms with Gasteiger partial charge in [-0.05, 0) is 18.2 Å². The van der Waals surface area contributed by atoms with E-state index in [2.05, 4.69) is 0 Å². The number of morpholine rings is 1. The molecule has 0 radical (unpaired) electrons. The lowest BCUT2D eigenvalue weighted by Gasteiger charge is -2.27. The van der Waals surface area contributed by atoms with Crippen molar-refractivity contribution in [1.29, 1.82) is 0 Å². The molecule has 1 heterocycles. The summed E-state index contributed by atoms with van der Waals surface area (Å²) in [4.78, 5) is 24.3. The summed E-state index contributed by atoms with van der Waals surface area (Å²) in [5.41, 5.74) is 0.448. The van der Waals surface area contributed by atoms with Gasteiger partial charge in [-0.3, -0.25) is 14.5 Å². The van der Waals surface area contributed by atoms with Gasteiger partial charge < -0.3 is 19.3 Å². The Kier molecular flexibility index (Phi) is 4.77. The van der Waals surface area contributed by atoms with Crippen molar-refractivity contribution < 1.29 is 28.9 Å². The first-order valence-corrected chi connectivity index (χ1v) is 6.37. The number of nitrogens with zero attached hydrogens (tertiary/aromatic N) is 1. The minimum atomic E-state index is -1.07. The highest BCUT2D eigenvalue weighted by molar-refractivity contribution is 5.98. The van der Waals surface area contributed by atoms with Crippen molar-refractivity contribution in [2.75, 3.05) is 34.0 Å². The number of amides is 2. The first-order chi connectivity index (χ1) is 10.1. The van der Waals surface area contributed by atoms with Gasteiger partial charge in [0.2, 0.25) is 0 Å². The van der Waals surface area contributed by atoms with E-state index in [4.69, 9.17) is 14.2 Å². The van der Waals surface area contributed by atoms with Crippen molar-refractivity contribution in [2.45, 2.75) is 6.10 Å². The summed E-state index contributed by atoms with van der Waals surface area (Å²) < 4.78 is 15.1.